The lowest BCUT2D eigenvalue weighted by Gasteiger charge is -2.08. The summed E-state index contributed by atoms with van der Waals surface area (Å²) in [6.07, 6.45) is 1.64. The van der Waals surface area contributed by atoms with Crippen molar-refractivity contribution < 1.29 is 12.8 Å². The van der Waals surface area contributed by atoms with Crippen LogP contribution in [0.5, 0.6) is 0 Å². The van der Waals surface area contributed by atoms with Crippen molar-refractivity contribution in [1.29, 1.82) is 0 Å². The van der Waals surface area contributed by atoms with Crippen LogP contribution in [0.25, 0.3) is 0 Å². The van der Waals surface area contributed by atoms with Gasteiger partial charge in [0.05, 0.1) is 11.4 Å². The number of nitrogens with zero attached hydrogens (tertiary/aromatic N) is 2. The molecule has 0 aliphatic carbocycles. The minimum absolute atomic E-state index is 0.182. The number of aromatic nitrogens is 2. The molecule has 0 aliphatic heterocycles. The smallest absolute Gasteiger partial charge is 0.263 e. The van der Waals surface area contributed by atoms with Gasteiger partial charge in [-0.2, -0.15) is 5.10 Å². The highest BCUT2D eigenvalue weighted by Crippen LogP contribution is 2.19. The molecule has 0 spiro atoms. The molecule has 3 aromatic rings. The maximum Gasteiger partial charge on any atom is 0.263 e. The number of hydrogen-bond donors (Lipinski definition) is 1. The van der Waals surface area contributed by atoms with Gasteiger partial charge in [0, 0.05) is 12.3 Å². The lowest BCUT2D eigenvalue weighted by molar-refractivity contribution is 0.600. The minimum atomic E-state index is -3.71. The van der Waals surface area contributed by atoms with E-state index in [-0.39, 0.29) is 16.5 Å². The van der Waals surface area contributed by atoms with Crippen LogP contribution in [0.15, 0.2) is 65.7 Å². The molecule has 0 fully saturated rings. The lowest BCUT2D eigenvalue weighted by atomic mass is 10.0. The number of sulfonamides is 1. The van der Waals surface area contributed by atoms with Gasteiger partial charge in [0.25, 0.3) is 10.0 Å². The van der Waals surface area contributed by atoms with Gasteiger partial charge >= 0.3 is 0 Å². The van der Waals surface area contributed by atoms with E-state index in [1.807, 2.05) is 26.0 Å². The van der Waals surface area contributed by atoms with Crippen LogP contribution in [0, 0.1) is 5.82 Å². The largest absolute Gasteiger partial charge is 0.266 e. The van der Waals surface area contributed by atoms with Crippen molar-refractivity contribution in [1.82, 2.24) is 9.78 Å². The molecule has 0 atom stereocenters. The standard InChI is InChI=1S/C19H20FN3O2S/c1-14(2)16-6-8-18(9-7-16)26(24,25)22-19-10-11-23(21-19)13-15-4-3-5-17(20)12-15/h3-12,14H,13H2,1-2H3,(H,21,22). The fourth-order valence-electron chi connectivity index (χ4n) is 2.56. The van der Waals surface area contributed by atoms with Gasteiger partial charge < -0.3 is 0 Å². The average molecular weight is 373 g/mol. The zero-order valence-electron chi connectivity index (χ0n) is 14.6. The van der Waals surface area contributed by atoms with Crippen LogP contribution in [0.3, 0.4) is 0 Å². The third-order valence-electron chi connectivity index (χ3n) is 3.97. The number of rotatable bonds is 6. The predicted molar refractivity (Wildman–Crippen MR) is 99.1 cm³/mol. The summed E-state index contributed by atoms with van der Waals surface area (Å²) >= 11 is 0. The van der Waals surface area contributed by atoms with E-state index in [2.05, 4.69) is 9.82 Å². The molecule has 7 heteroatoms. The highest BCUT2D eigenvalue weighted by atomic mass is 32.2. The normalized spacial score (nSPS) is 11.7. The van der Waals surface area contributed by atoms with E-state index in [1.54, 1.807) is 41.2 Å². The van der Waals surface area contributed by atoms with Gasteiger partial charge in [0.2, 0.25) is 0 Å². The lowest BCUT2D eigenvalue weighted by Crippen LogP contribution is -2.14. The Balaban J connectivity index is 1.73. The van der Waals surface area contributed by atoms with Crippen LogP contribution >= 0.6 is 0 Å². The zero-order valence-corrected chi connectivity index (χ0v) is 15.4. The topological polar surface area (TPSA) is 64.0 Å². The summed E-state index contributed by atoms with van der Waals surface area (Å²) in [7, 11) is -3.71. The van der Waals surface area contributed by atoms with E-state index >= 15 is 0 Å². The molecule has 2 aromatic carbocycles. The first-order valence-corrected chi connectivity index (χ1v) is 9.72. The van der Waals surface area contributed by atoms with Crippen molar-refractivity contribution in [2.45, 2.75) is 31.2 Å². The molecule has 5 nitrogen and oxygen atoms in total. The van der Waals surface area contributed by atoms with E-state index in [0.29, 0.717) is 12.5 Å². The van der Waals surface area contributed by atoms with Crippen molar-refractivity contribution in [3.63, 3.8) is 0 Å². The number of hydrogen-bond acceptors (Lipinski definition) is 3. The van der Waals surface area contributed by atoms with Crippen LogP contribution in [0.1, 0.15) is 30.9 Å². The van der Waals surface area contributed by atoms with Crippen LogP contribution in [0.2, 0.25) is 0 Å². The molecule has 0 radical (unpaired) electrons. The fraction of sp³-hybridized carbons (Fsp3) is 0.211. The quantitative estimate of drug-likeness (QED) is 0.710. The molecule has 0 amide bonds. The van der Waals surface area contributed by atoms with Crippen molar-refractivity contribution in [3.05, 3.63) is 77.7 Å². The van der Waals surface area contributed by atoms with Crippen molar-refractivity contribution >= 4 is 15.8 Å². The second-order valence-electron chi connectivity index (χ2n) is 6.36. The molecule has 1 N–H and O–H groups in total. The number of halogens is 1. The van der Waals surface area contributed by atoms with Gasteiger partial charge in [-0.15, -0.1) is 0 Å². The van der Waals surface area contributed by atoms with Crippen LogP contribution in [-0.2, 0) is 16.6 Å². The first kappa shape index (κ1) is 18.1. The van der Waals surface area contributed by atoms with E-state index in [4.69, 9.17) is 0 Å². The molecule has 1 heterocycles. The van der Waals surface area contributed by atoms with Crippen molar-refractivity contribution in [3.8, 4) is 0 Å². The molecular formula is C19H20FN3O2S. The van der Waals surface area contributed by atoms with Gasteiger partial charge in [-0.1, -0.05) is 38.1 Å². The van der Waals surface area contributed by atoms with Crippen LogP contribution in [0.4, 0.5) is 10.2 Å². The summed E-state index contributed by atoms with van der Waals surface area (Å²) in [5.41, 5.74) is 1.81. The second-order valence-corrected chi connectivity index (χ2v) is 8.04. The number of anilines is 1. The zero-order chi connectivity index (χ0) is 18.7. The number of benzene rings is 2. The van der Waals surface area contributed by atoms with Crippen molar-refractivity contribution in [2.24, 2.45) is 0 Å². The fourth-order valence-corrected chi connectivity index (χ4v) is 3.55. The van der Waals surface area contributed by atoms with E-state index in [9.17, 15) is 12.8 Å². The molecule has 3 rings (SSSR count). The molecule has 0 unspecified atom stereocenters. The highest BCUT2D eigenvalue weighted by Gasteiger charge is 2.16. The van der Waals surface area contributed by atoms with Gasteiger partial charge in [-0.3, -0.25) is 9.40 Å². The molecule has 0 saturated carbocycles. The summed E-state index contributed by atoms with van der Waals surface area (Å²) in [6, 6.07) is 14.5. The van der Waals surface area contributed by atoms with E-state index in [1.165, 1.54) is 12.1 Å². The molecule has 0 saturated heterocycles. The third kappa shape index (κ3) is 4.29. The third-order valence-corrected chi connectivity index (χ3v) is 5.34. The van der Waals surface area contributed by atoms with E-state index < -0.39 is 10.0 Å². The Labute approximate surface area is 152 Å². The SMILES string of the molecule is CC(C)c1ccc(S(=O)(=O)Nc2ccn(Cc3cccc(F)c3)n2)cc1. The maximum absolute atomic E-state index is 13.2. The predicted octanol–water partition coefficient (Wildman–Crippen LogP) is 3.99. The van der Waals surface area contributed by atoms with Gasteiger partial charge in [-0.25, -0.2) is 12.8 Å². The van der Waals surface area contributed by atoms with Crippen LogP contribution in [-0.4, -0.2) is 18.2 Å². The summed E-state index contributed by atoms with van der Waals surface area (Å²) in [5.74, 6) is 0.230. The highest BCUT2D eigenvalue weighted by molar-refractivity contribution is 7.92. The van der Waals surface area contributed by atoms with Crippen molar-refractivity contribution in [2.75, 3.05) is 4.72 Å². The summed E-state index contributed by atoms with van der Waals surface area (Å²) in [6.45, 7) is 4.45. The Morgan fingerprint density at radius 2 is 1.85 bits per heavy atom. The molecular weight excluding hydrogens is 353 g/mol. The van der Waals surface area contributed by atoms with Crippen LogP contribution < -0.4 is 4.72 Å². The summed E-state index contributed by atoms with van der Waals surface area (Å²) < 4.78 is 42.2. The Morgan fingerprint density at radius 1 is 1.12 bits per heavy atom. The first-order chi connectivity index (χ1) is 12.3. The Kier molecular flexibility index (Phi) is 5.08. The molecule has 136 valence electrons. The monoisotopic (exact) mass is 373 g/mol. The minimum Gasteiger partial charge on any atom is -0.266 e. The Hall–Kier alpha value is -2.67. The van der Waals surface area contributed by atoms with Gasteiger partial charge in [0.15, 0.2) is 5.82 Å². The number of nitrogens with one attached hydrogen (secondary N) is 1. The first-order valence-electron chi connectivity index (χ1n) is 8.24. The molecule has 0 aliphatic rings. The van der Waals surface area contributed by atoms with Gasteiger partial charge in [-0.05, 0) is 41.3 Å². The Morgan fingerprint density at radius 3 is 2.50 bits per heavy atom. The second kappa shape index (κ2) is 7.29. The van der Waals surface area contributed by atoms with E-state index in [0.717, 1.165) is 11.1 Å². The Bertz CT molecular complexity index is 996. The summed E-state index contributed by atoms with van der Waals surface area (Å²) in [5, 5.41) is 4.20. The molecule has 1 aromatic heterocycles. The summed E-state index contributed by atoms with van der Waals surface area (Å²) in [4.78, 5) is 0.182. The molecule has 26 heavy (non-hydrogen) atoms. The average Bonchev–Trinajstić information content (AvgIpc) is 3.01. The maximum atomic E-state index is 13.2. The molecule has 0 bridgehead atoms. The van der Waals surface area contributed by atoms with Gasteiger partial charge in [0.1, 0.15) is 5.82 Å².